The van der Waals surface area contributed by atoms with Gasteiger partial charge in [-0.2, -0.15) is 33.7 Å². The van der Waals surface area contributed by atoms with Crippen LogP contribution in [0.3, 0.4) is 0 Å². The van der Waals surface area contributed by atoms with Gasteiger partial charge in [0.2, 0.25) is 0 Å². The quantitative estimate of drug-likeness (QED) is 0.0229. The predicted octanol–water partition coefficient (Wildman–Crippen LogP) is 5.21. The normalized spacial score (nSPS) is 13.0. The van der Waals surface area contributed by atoms with Crippen molar-refractivity contribution in [2.75, 3.05) is 63.3 Å². The minimum atomic E-state index is -3.43. The molecule has 35 heteroatoms. The number of carbonyl (C=O) groups excluding carboxylic acids is 8. The summed E-state index contributed by atoms with van der Waals surface area (Å²) in [4.78, 5) is 110. The molecule has 516 valence electrons. The van der Waals surface area contributed by atoms with E-state index in [1.165, 1.54) is 32.7 Å². The van der Waals surface area contributed by atoms with E-state index in [2.05, 4.69) is 60.2 Å². The molecule has 0 saturated heterocycles. The number of carboxylic acid groups (broad SMARTS) is 2. The maximum absolute atomic E-state index is 11.7. The average molecular weight is 1380 g/mol. The second kappa shape index (κ2) is 52.5. The molecule has 0 heterocycles. The summed E-state index contributed by atoms with van der Waals surface area (Å²) in [5, 5.41) is 43.6. The fourth-order valence-electron chi connectivity index (χ4n) is 4.84. The molecule has 6 atom stereocenters. The van der Waals surface area contributed by atoms with E-state index in [9.17, 15) is 56.4 Å². The van der Waals surface area contributed by atoms with Gasteiger partial charge in [-0.15, -0.1) is 12.4 Å². The van der Waals surface area contributed by atoms with Gasteiger partial charge in [0, 0.05) is 55.8 Å². The van der Waals surface area contributed by atoms with Crippen molar-refractivity contribution in [3.63, 3.8) is 0 Å². The van der Waals surface area contributed by atoms with Crippen LogP contribution in [-0.2, 0) is 71.5 Å². The van der Waals surface area contributed by atoms with E-state index >= 15 is 0 Å². The van der Waals surface area contributed by atoms with Gasteiger partial charge >= 0.3 is 48.3 Å². The Kier molecular flexibility index (Phi) is 58.2. The Balaban J connectivity index is -0.000000181. The maximum Gasteiger partial charge on any atom is 0.408 e. The molecule has 0 saturated carbocycles. The molecule has 0 fully saturated rings. The first-order valence-electron chi connectivity index (χ1n) is 26.7. The number of methoxy groups -OCH3 is 2. The van der Waals surface area contributed by atoms with Crippen molar-refractivity contribution >= 4 is 130 Å². The number of hydrogen-bond acceptors (Lipinski definition) is 27. The van der Waals surface area contributed by atoms with Crippen LogP contribution in [-0.4, -0.2) is 209 Å². The number of aliphatic hydroxyl groups excluding tert-OH is 2. The highest BCUT2D eigenvalue weighted by molar-refractivity contribution is 8.13. The number of ether oxygens (including phenoxy) is 6. The predicted molar refractivity (Wildman–Crippen MR) is 342 cm³/mol. The monoisotopic (exact) mass is 1370 g/mol. The van der Waals surface area contributed by atoms with Crippen LogP contribution in [0.25, 0.3) is 0 Å². The Hall–Kier alpha value is -4.26. The van der Waals surface area contributed by atoms with E-state index in [1.54, 1.807) is 83.1 Å². The largest absolute Gasteiger partial charge is 0.481 e. The lowest BCUT2D eigenvalue weighted by molar-refractivity contribution is -0.149. The van der Waals surface area contributed by atoms with Crippen molar-refractivity contribution in [1.29, 1.82) is 0 Å². The molecule has 29 nitrogen and oxygen atoms in total. The Bertz CT molecular complexity index is 2090. The van der Waals surface area contributed by atoms with Crippen molar-refractivity contribution in [3.05, 3.63) is 0 Å². The fourth-order valence-corrected chi connectivity index (χ4v) is 7.12. The summed E-state index contributed by atoms with van der Waals surface area (Å²) >= 11 is 10.4. The highest BCUT2D eigenvalue weighted by Gasteiger charge is 2.28. The zero-order valence-electron chi connectivity index (χ0n) is 53.6. The van der Waals surface area contributed by atoms with E-state index in [-0.39, 0.29) is 67.0 Å². The first kappa shape index (κ1) is 96.4. The van der Waals surface area contributed by atoms with Crippen molar-refractivity contribution in [3.8, 4) is 0 Å². The van der Waals surface area contributed by atoms with Gasteiger partial charge in [-0.3, -0.25) is 28.2 Å². The molecule has 12 N–H and O–H groups in total. The lowest BCUT2D eigenvalue weighted by Crippen LogP contribution is -2.45. The zero-order chi connectivity index (χ0) is 68.8. The molecular weight excluding hydrogens is 1270 g/mol. The smallest absolute Gasteiger partial charge is 0.408 e. The van der Waals surface area contributed by atoms with E-state index in [0.717, 1.165) is 43.1 Å². The number of aliphatic hydroxyl groups is 2. The van der Waals surface area contributed by atoms with Crippen LogP contribution in [0.15, 0.2) is 0 Å². The molecule has 87 heavy (non-hydrogen) atoms. The standard InChI is InChI=1S/C13H23NO4S2.C11H19NO6.C11H23NO5S.C9H19NO4.C4H7NO4.C4H11NS2.ClH/c1-9(15)19-7-6-11(8-20-10(2)16)14-12(17)18-13(3,4)5;1-11(2,3)18-10(15)12-7(9(14)17-5)6-8(13)16-4;1-6-9(7-8-16-18(5,14)15)12-10(13)17-11(2,3)4;1-9(2,3)14-8(13)10-7(6-12)4-5-11;5-2(4(8)9)1-3(6)7;5-4(3-7)1-2-6;/h11H,6-8H2,1-5H3,(H,14,17);7H,6H2,1-5H3,(H,12,15);9H,6-8H2,1-5H3,(H,12,13);7,11-12H,4-6H2,1-3H3,(H,10,13);2H,1,5H2,(H,6,7)(H,8,9);4,6-7H,1-3,5H2;1H/t11-;7-;9-;7-;2-;4-;/m001000./s1. The van der Waals surface area contributed by atoms with Crippen molar-refractivity contribution < 1.29 is 109 Å². The van der Waals surface area contributed by atoms with E-state index < -0.39 is 105 Å². The SMILES string of the molecule is CC(=O)SCC[C@@H](CSC(C)=O)NC(=O)OC(C)(C)C.CC(C)(C)OC(=O)N[C@H](CO)CCO.CC[C@H](CCOS(C)(=O)=O)NC(=O)OC(C)(C)C.COC(=O)C[C@H](NC(=O)OC(C)(C)C)C(=O)OC.Cl.N[C@@H](CC(=O)O)C(=O)O.N[C@H](CS)CCS. The molecule has 0 aliphatic rings. The molecule has 0 aliphatic heterocycles. The molecule has 0 aromatic carbocycles. The highest BCUT2D eigenvalue weighted by atomic mass is 35.5. The molecule has 0 bridgehead atoms. The summed E-state index contributed by atoms with van der Waals surface area (Å²) < 4.78 is 55.3. The average Bonchev–Trinajstić information content (AvgIpc) is 3.34. The van der Waals surface area contributed by atoms with E-state index in [0.29, 0.717) is 37.2 Å². The summed E-state index contributed by atoms with van der Waals surface area (Å²) in [7, 11) is -1.09. The molecule has 0 spiro atoms. The zero-order valence-corrected chi connectivity index (χ0v) is 58.6. The van der Waals surface area contributed by atoms with Crippen LogP contribution in [0.1, 0.15) is 149 Å². The Labute approximate surface area is 539 Å². The van der Waals surface area contributed by atoms with Crippen LogP contribution < -0.4 is 32.7 Å². The second-order valence-corrected chi connectivity index (χ2v) is 26.8. The molecule has 4 amide bonds. The van der Waals surface area contributed by atoms with Gasteiger partial charge in [0.1, 0.15) is 34.5 Å². The first-order chi connectivity index (χ1) is 39.1. The lowest BCUT2D eigenvalue weighted by atomic mass is 10.1. The number of thioether (sulfide) groups is 2. The number of thiol groups is 2. The maximum atomic E-state index is 11.7. The van der Waals surface area contributed by atoms with E-state index in [4.69, 9.17) is 50.8 Å². The number of nitrogens with two attached hydrogens (primary N) is 2. The summed E-state index contributed by atoms with van der Waals surface area (Å²) in [5.74, 6) is -1.17. The minimum Gasteiger partial charge on any atom is -0.481 e. The van der Waals surface area contributed by atoms with Crippen molar-refractivity contribution in [2.24, 2.45) is 11.5 Å². The third kappa shape index (κ3) is 77.8. The number of nitrogens with one attached hydrogen (secondary N) is 4. The molecule has 0 aromatic heterocycles. The second-order valence-electron chi connectivity index (χ2n) is 21.9. The van der Waals surface area contributed by atoms with Crippen LogP contribution in [0.2, 0.25) is 0 Å². The Morgan fingerprint density at radius 1 is 0.598 bits per heavy atom. The van der Waals surface area contributed by atoms with Gasteiger partial charge in [-0.05, 0) is 121 Å². The van der Waals surface area contributed by atoms with Gasteiger partial charge in [0.05, 0.1) is 52.6 Å². The van der Waals surface area contributed by atoms with Crippen LogP contribution in [0.5, 0.6) is 0 Å². The van der Waals surface area contributed by atoms with Crippen LogP contribution >= 0.6 is 61.2 Å². The molecule has 0 rings (SSSR count). The number of carboxylic acids is 2. The van der Waals surface area contributed by atoms with Gasteiger partial charge < -0.3 is 81.6 Å². The van der Waals surface area contributed by atoms with Gasteiger partial charge in [-0.1, -0.05) is 30.4 Å². The summed E-state index contributed by atoms with van der Waals surface area (Å²) in [6.07, 6.45) is 0.744. The van der Waals surface area contributed by atoms with Gasteiger partial charge in [0.15, 0.2) is 10.2 Å². The third-order valence-corrected chi connectivity index (χ3v) is 11.7. The summed E-state index contributed by atoms with van der Waals surface area (Å²) in [6, 6.07) is -2.98. The third-order valence-electron chi connectivity index (χ3n) is 8.60. The highest BCUT2D eigenvalue weighted by Crippen LogP contribution is 2.14. The number of carbonyl (C=O) groups is 10. The molecule has 0 aromatic rings. The molecular formula is C52H103ClN6O23S5. The number of amides is 4. The molecule has 0 unspecified atom stereocenters. The van der Waals surface area contributed by atoms with E-state index in [1.807, 2.05) is 6.92 Å². The Morgan fingerprint density at radius 2 is 1.01 bits per heavy atom. The number of rotatable bonds is 26. The van der Waals surface area contributed by atoms with Crippen molar-refractivity contribution in [2.45, 2.75) is 207 Å². The lowest BCUT2D eigenvalue weighted by Gasteiger charge is -2.23. The number of aliphatic carboxylic acids is 2. The van der Waals surface area contributed by atoms with Crippen LogP contribution in [0, 0.1) is 0 Å². The molecule has 0 radical (unpaired) electrons. The topological polar surface area (TPSA) is 451 Å². The number of hydrogen-bond donors (Lipinski definition) is 12. The fraction of sp³-hybridized carbons (Fsp3) is 0.808. The van der Waals surface area contributed by atoms with Gasteiger partial charge in [0.25, 0.3) is 10.1 Å². The van der Waals surface area contributed by atoms with Crippen molar-refractivity contribution in [1.82, 2.24) is 21.3 Å². The van der Waals surface area contributed by atoms with Gasteiger partial charge in [-0.25, -0.2) is 24.0 Å². The summed E-state index contributed by atoms with van der Waals surface area (Å²) in [6.45, 7) is 25.7. The number of alkyl carbamates (subject to hydrolysis) is 4. The van der Waals surface area contributed by atoms with Crippen LogP contribution in [0.4, 0.5) is 19.2 Å². The number of halogens is 1. The molecule has 0 aliphatic carbocycles. The minimum absolute atomic E-state index is 0. The Morgan fingerprint density at radius 3 is 1.30 bits per heavy atom. The number of esters is 2. The first-order valence-corrected chi connectivity index (χ1v) is 31.7. The summed E-state index contributed by atoms with van der Waals surface area (Å²) in [5.41, 5.74) is 7.94.